The molecule has 0 spiro atoms. The molecule has 1 aromatic carbocycles. The van der Waals surface area contributed by atoms with Gasteiger partial charge in [0.1, 0.15) is 18.0 Å². The number of carbonyl (C=O) groups excluding carboxylic acids is 1. The van der Waals surface area contributed by atoms with Crippen LogP contribution in [0, 0.1) is 12.8 Å². The molecule has 9 heteroatoms. The van der Waals surface area contributed by atoms with Crippen LogP contribution < -0.4 is 10.1 Å². The molecule has 0 saturated heterocycles. The van der Waals surface area contributed by atoms with Gasteiger partial charge in [0.25, 0.3) is 0 Å². The van der Waals surface area contributed by atoms with Crippen LogP contribution in [0.15, 0.2) is 30.5 Å². The summed E-state index contributed by atoms with van der Waals surface area (Å²) >= 11 is 0. The van der Waals surface area contributed by atoms with Gasteiger partial charge in [-0.25, -0.2) is 14.8 Å². The second-order valence-electron chi connectivity index (χ2n) is 9.82. The van der Waals surface area contributed by atoms with Crippen LogP contribution in [0.2, 0.25) is 0 Å². The zero-order valence-corrected chi connectivity index (χ0v) is 20.1. The summed E-state index contributed by atoms with van der Waals surface area (Å²) in [5, 5.41) is 2.92. The van der Waals surface area contributed by atoms with E-state index in [-0.39, 0.29) is 18.2 Å². The molecule has 0 aliphatic carbocycles. The Hall–Kier alpha value is -2.84. The maximum atomic E-state index is 12.9. The number of carbonyl (C=O) groups is 1. The lowest BCUT2D eigenvalue weighted by molar-refractivity contribution is -0.144. The number of benzene rings is 1. The Morgan fingerprint density at radius 1 is 1.12 bits per heavy atom. The van der Waals surface area contributed by atoms with Gasteiger partial charge >= 0.3 is 12.3 Å². The minimum atomic E-state index is -4.61. The minimum Gasteiger partial charge on any atom is -0.491 e. The predicted molar refractivity (Wildman–Crippen MR) is 120 cm³/mol. The largest absolute Gasteiger partial charge is 0.491 e. The molecule has 33 heavy (non-hydrogen) atoms. The quantitative estimate of drug-likeness (QED) is 0.526. The molecule has 0 bridgehead atoms. The van der Waals surface area contributed by atoms with Crippen molar-refractivity contribution in [2.75, 3.05) is 6.61 Å². The van der Waals surface area contributed by atoms with Gasteiger partial charge in [-0.2, -0.15) is 13.2 Å². The lowest BCUT2D eigenvalue weighted by Crippen LogP contribution is -2.52. The van der Waals surface area contributed by atoms with Gasteiger partial charge < -0.3 is 14.8 Å². The Bertz CT molecular complexity index is 971. The van der Waals surface area contributed by atoms with Gasteiger partial charge in [-0.3, -0.25) is 0 Å². The third-order valence-corrected chi connectivity index (χ3v) is 4.59. The molecule has 1 aromatic heterocycles. The van der Waals surface area contributed by atoms with E-state index in [0.29, 0.717) is 17.7 Å². The van der Waals surface area contributed by atoms with Crippen molar-refractivity contribution < 1.29 is 27.4 Å². The summed E-state index contributed by atoms with van der Waals surface area (Å²) in [5.74, 6) is -0.335. The Morgan fingerprint density at radius 3 is 2.33 bits per heavy atom. The molecule has 2 rings (SSSR count). The Morgan fingerprint density at radius 2 is 1.79 bits per heavy atom. The Labute approximate surface area is 192 Å². The molecule has 0 unspecified atom stereocenters. The molecule has 2 aromatic rings. The molecule has 1 heterocycles. The Kier molecular flexibility index (Phi) is 7.98. The molecular weight excluding hydrogens is 435 g/mol. The van der Waals surface area contributed by atoms with Crippen LogP contribution in [-0.4, -0.2) is 33.8 Å². The number of nitrogens with zero attached hydrogens (tertiary/aromatic N) is 2. The summed E-state index contributed by atoms with van der Waals surface area (Å²) in [6.45, 7) is 13.4. The second-order valence-corrected chi connectivity index (χ2v) is 9.82. The number of halogens is 3. The fourth-order valence-corrected chi connectivity index (χ4v) is 3.46. The van der Waals surface area contributed by atoms with Crippen molar-refractivity contribution in [3.8, 4) is 17.0 Å². The van der Waals surface area contributed by atoms with Crippen LogP contribution in [0.4, 0.5) is 18.0 Å². The fraction of sp³-hybridized carbons (Fsp3) is 0.542. The third-order valence-electron chi connectivity index (χ3n) is 4.59. The number of hydrogen-bond donors (Lipinski definition) is 1. The molecule has 0 aliphatic rings. The molecule has 1 amide bonds. The van der Waals surface area contributed by atoms with E-state index < -0.39 is 29.2 Å². The summed E-state index contributed by atoms with van der Waals surface area (Å²) in [5.41, 5.74) is 0.107. The van der Waals surface area contributed by atoms with E-state index in [9.17, 15) is 18.0 Å². The molecule has 0 saturated carbocycles. The van der Waals surface area contributed by atoms with Crippen LogP contribution in [-0.2, 0) is 10.9 Å². The van der Waals surface area contributed by atoms with Crippen LogP contribution in [0.5, 0.6) is 5.75 Å². The molecule has 0 fully saturated rings. The van der Waals surface area contributed by atoms with Crippen molar-refractivity contribution in [2.24, 2.45) is 5.92 Å². The van der Waals surface area contributed by atoms with Gasteiger partial charge in [0.05, 0.1) is 11.2 Å². The molecule has 6 nitrogen and oxygen atoms in total. The summed E-state index contributed by atoms with van der Waals surface area (Å²) in [6, 6.07) is 6.46. The number of aromatic nitrogens is 2. The lowest BCUT2D eigenvalue weighted by atomic mass is 9.91. The lowest BCUT2D eigenvalue weighted by Gasteiger charge is -2.33. The molecular formula is C24H32F3N3O3. The standard InChI is InChI=1S/C24H32F3N3O3/c1-15(2)13-23(7,30-21(31)33-22(4,5)6)14-32-19-9-8-17(12-16(19)3)18-10-11-28-20(29-18)24(25,26)27/h8-12,15H,13-14H2,1-7H3,(H,30,31)/t23-/m0/s1. The smallest absolute Gasteiger partial charge is 0.451 e. The molecule has 0 aliphatic heterocycles. The molecule has 1 atom stereocenters. The number of aryl methyl sites for hydroxylation is 1. The topological polar surface area (TPSA) is 73.3 Å². The number of alkyl halides is 3. The second kappa shape index (κ2) is 9.97. The van der Waals surface area contributed by atoms with Crippen molar-refractivity contribution in [3.63, 3.8) is 0 Å². The van der Waals surface area contributed by atoms with Crippen molar-refractivity contribution in [1.29, 1.82) is 0 Å². The minimum absolute atomic E-state index is 0.170. The highest BCUT2D eigenvalue weighted by Crippen LogP contribution is 2.30. The van der Waals surface area contributed by atoms with Crippen molar-refractivity contribution in [2.45, 2.75) is 72.2 Å². The van der Waals surface area contributed by atoms with E-state index in [2.05, 4.69) is 15.3 Å². The monoisotopic (exact) mass is 467 g/mol. The van der Waals surface area contributed by atoms with Crippen molar-refractivity contribution >= 4 is 6.09 Å². The van der Waals surface area contributed by atoms with Crippen LogP contribution in [0.1, 0.15) is 59.4 Å². The zero-order chi connectivity index (χ0) is 25.0. The summed E-state index contributed by atoms with van der Waals surface area (Å²) in [4.78, 5) is 19.3. The summed E-state index contributed by atoms with van der Waals surface area (Å²) < 4.78 is 50.2. The maximum Gasteiger partial charge on any atom is 0.451 e. The van der Waals surface area contributed by atoms with Crippen LogP contribution in [0.25, 0.3) is 11.3 Å². The van der Waals surface area contributed by atoms with Gasteiger partial charge in [-0.05, 0) is 76.8 Å². The van der Waals surface area contributed by atoms with Crippen molar-refractivity contribution in [1.82, 2.24) is 15.3 Å². The van der Waals surface area contributed by atoms with Crippen LogP contribution in [0.3, 0.4) is 0 Å². The first-order valence-corrected chi connectivity index (χ1v) is 10.7. The highest BCUT2D eigenvalue weighted by atomic mass is 19.4. The molecule has 182 valence electrons. The highest BCUT2D eigenvalue weighted by Gasteiger charge is 2.35. The van der Waals surface area contributed by atoms with Gasteiger partial charge in [-0.1, -0.05) is 13.8 Å². The number of alkyl carbamates (subject to hydrolysis) is 1. The number of rotatable bonds is 7. The number of hydrogen-bond acceptors (Lipinski definition) is 5. The fourth-order valence-electron chi connectivity index (χ4n) is 3.46. The van der Waals surface area contributed by atoms with Crippen molar-refractivity contribution in [3.05, 3.63) is 41.9 Å². The average Bonchev–Trinajstić information content (AvgIpc) is 2.64. The first-order chi connectivity index (χ1) is 15.1. The number of ether oxygens (including phenoxy) is 2. The van der Waals surface area contributed by atoms with Gasteiger partial charge in [-0.15, -0.1) is 0 Å². The van der Waals surface area contributed by atoms with E-state index in [1.54, 1.807) is 45.9 Å². The van der Waals surface area contributed by atoms with Gasteiger partial charge in [0, 0.05) is 11.8 Å². The zero-order valence-electron chi connectivity index (χ0n) is 20.1. The van der Waals surface area contributed by atoms with E-state index >= 15 is 0 Å². The van der Waals surface area contributed by atoms with E-state index in [0.717, 1.165) is 11.8 Å². The predicted octanol–water partition coefficient (Wildman–Crippen LogP) is 6.18. The average molecular weight is 468 g/mol. The normalized spacial score (nSPS) is 14.0. The highest BCUT2D eigenvalue weighted by molar-refractivity contribution is 5.68. The Balaban J connectivity index is 2.18. The maximum absolute atomic E-state index is 12.9. The summed E-state index contributed by atoms with van der Waals surface area (Å²) in [7, 11) is 0. The van der Waals surface area contributed by atoms with Gasteiger partial charge in [0.2, 0.25) is 5.82 Å². The molecule has 0 radical (unpaired) electrons. The first kappa shape index (κ1) is 26.4. The van der Waals surface area contributed by atoms with E-state index in [1.165, 1.54) is 6.07 Å². The SMILES string of the molecule is Cc1cc(-c2ccnc(C(F)(F)F)n2)ccc1OC[C@](C)(CC(C)C)NC(=O)OC(C)(C)C. The van der Waals surface area contributed by atoms with Crippen LogP contribution >= 0.6 is 0 Å². The first-order valence-electron chi connectivity index (χ1n) is 10.7. The third kappa shape index (κ3) is 8.22. The van der Waals surface area contributed by atoms with E-state index in [4.69, 9.17) is 9.47 Å². The number of amides is 1. The molecule has 1 N–H and O–H groups in total. The van der Waals surface area contributed by atoms with E-state index in [1.807, 2.05) is 20.8 Å². The number of nitrogens with one attached hydrogen (secondary N) is 1. The van der Waals surface area contributed by atoms with Gasteiger partial charge in [0.15, 0.2) is 0 Å². The summed E-state index contributed by atoms with van der Waals surface area (Å²) in [6.07, 6.45) is -3.39.